The Morgan fingerprint density at radius 3 is 2.95 bits per heavy atom. The minimum atomic E-state index is -0.175. The van der Waals surface area contributed by atoms with E-state index in [0.29, 0.717) is 28.1 Å². The summed E-state index contributed by atoms with van der Waals surface area (Å²) in [6.45, 7) is 7.11. The number of aromatic amines is 1. The summed E-state index contributed by atoms with van der Waals surface area (Å²) in [5, 5.41) is 4.36. The van der Waals surface area contributed by atoms with E-state index in [-0.39, 0.29) is 11.6 Å². The van der Waals surface area contributed by atoms with Crippen molar-refractivity contribution in [3.05, 3.63) is 20.8 Å². The number of halogens is 1. The van der Waals surface area contributed by atoms with Crippen LogP contribution < -0.4 is 5.56 Å². The summed E-state index contributed by atoms with van der Waals surface area (Å²) in [6, 6.07) is -0.0220. The van der Waals surface area contributed by atoms with Crippen molar-refractivity contribution < 1.29 is 4.74 Å². The first-order chi connectivity index (χ1) is 9.54. The Bertz CT molecular complexity index is 650. The van der Waals surface area contributed by atoms with Gasteiger partial charge < -0.3 is 9.72 Å². The molecule has 2 heterocycles. The lowest BCUT2D eigenvalue weighted by Crippen LogP contribution is -2.19. The zero-order valence-corrected chi connectivity index (χ0v) is 13.5. The van der Waals surface area contributed by atoms with Crippen LogP contribution in [-0.4, -0.2) is 33.0 Å². The van der Waals surface area contributed by atoms with Gasteiger partial charge in [-0.2, -0.15) is 5.10 Å². The van der Waals surface area contributed by atoms with E-state index in [9.17, 15) is 4.79 Å². The van der Waals surface area contributed by atoms with Crippen molar-refractivity contribution in [1.29, 1.82) is 0 Å². The van der Waals surface area contributed by atoms with Crippen molar-refractivity contribution in [2.45, 2.75) is 39.7 Å². The minimum absolute atomic E-state index is 0.0220. The molecule has 110 valence electrons. The number of nitrogens with one attached hydrogen (secondary N) is 1. The molecule has 0 aliphatic carbocycles. The van der Waals surface area contributed by atoms with E-state index >= 15 is 0 Å². The van der Waals surface area contributed by atoms with Gasteiger partial charge in [-0.05, 0) is 36.2 Å². The predicted octanol–water partition coefficient (Wildman–Crippen LogP) is 2.57. The van der Waals surface area contributed by atoms with Crippen molar-refractivity contribution >= 4 is 27.0 Å². The second-order valence-corrected chi connectivity index (χ2v) is 5.61. The average Bonchev–Trinajstić information content (AvgIpc) is 2.72. The molecular weight excluding hydrogens is 324 g/mol. The zero-order valence-electron chi connectivity index (χ0n) is 11.9. The highest BCUT2D eigenvalue weighted by atomic mass is 79.9. The van der Waals surface area contributed by atoms with Crippen LogP contribution in [0.4, 0.5) is 0 Å². The van der Waals surface area contributed by atoms with E-state index in [1.165, 1.54) is 0 Å². The topological polar surface area (TPSA) is 72.8 Å². The molecule has 0 bridgehead atoms. The number of unbranched alkanes of at least 4 members (excludes halogenated alkanes) is 1. The van der Waals surface area contributed by atoms with Crippen LogP contribution in [0.25, 0.3) is 11.0 Å². The van der Waals surface area contributed by atoms with Crippen LogP contribution in [-0.2, 0) is 4.74 Å². The molecule has 0 spiro atoms. The molecule has 0 unspecified atom stereocenters. The summed E-state index contributed by atoms with van der Waals surface area (Å²) < 4.78 is 7.87. The van der Waals surface area contributed by atoms with Gasteiger partial charge in [0.15, 0.2) is 10.1 Å². The first-order valence-corrected chi connectivity index (χ1v) is 7.56. The van der Waals surface area contributed by atoms with E-state index in [1.54, 1.807) is 11.6 Å². The Labute approximate surface area is 125 Å². The van der Waals surface area contributed by atoms with Crippen LogP contribution in [0.1, 0.15) is 38.6 Å². The zero-order chi connectivity index (χ0) is 14.7. The molecule has 0 amide bonds. The third-order valence-electron chi connectivity index (χ3n) is 3.05. The van der Waals surface area contributed by atoms with Gasteiger partial charge in [-0.15, -0.1) is 0 Å². The molecule has 2 aromatic rings. The predicted molar refractivity (Wildman–Crippen MR) is 81.0 cm³/mol. The minimum Gasteiger partial charge on any atom is -0.379 e. The molecular formula is C13H19BrN4O2. The van der Waals surface area contributed by atoms with Gasteiger partial charge in [-0.25, -0.2) is 4.98 Å². The van der Waals surface area contributed by atoms with Crippen molar-refractivity contribution in [2.75, 3.05) is 13.2 Å². The standard InChI is InChI=1S/C13H19BrN4O2/c1-4-5-6-20-7-8(2)18-11-10(12(14)17-18)15-9(3)16-13(11)19/h8H,4-7H2,1-3H3,(H,15,16,19)/t8-/m1/s1. The number of rotatable bonds is 6. The summed E-state index contributed by atoms with van der Waals surface area (Å²) in [6.07, 6.45) is 2.14. The van der Waals surface area contributed by atoms with Gasteiger partial charge in [-0.1, -0.05) is 13.3 Å². The second kappa shape index (κ2) is 6.49. The number of ether oxygens (including phenoxy) is 1. The van der Waals surface area contributed by atoms with E-state index < -0.39 is 0 Å². The molecule has 7 heteroatoms. The lowest BCUT2D eigenvalue weighted by molar-refractivity contribution is 0.103. The molecule has 0 fully saturated rings. The molecule has 1 N–H and O–H groups in total. The number of nitrogens with zero attached hydrogens (tertiary/aromatic N) is 3. The molecule has 1 atom stereocenters. The molecule has 0 saturated heterocycles. The van der Waals surface area contributed by atoms with E-state index in [0.717, 1.165) is 19.4 Å². The van der Waals surface area contributed by atoms with Crippen molar-refractivity contribution in [1.82, 2.24) is 19.7 Å². The summed E-state index contributed by atoms with van der Waals surface area (Å²) in [4.78, 5) is 19.1. The molecule has 2 rings (SSSR count). The number of aryl methyl sites for hydroxylation is 1. The normalized spacial score (nSPS) is 13.0. The van der Waals surface area contributed by atoms with Crippen molar-refractivity contribution in [3.8, 4) is 0 Å². The summed E-state index contributed by atoms with van der Waals surface area (Å²) >= 11 is 3.36. The maximum absolute atomic E-state index is 12.1. The van der Waals surface area contributed by atoms with Crippen molar-refractivity contribution in [3.63, 3.8) is 0 Å². The quantitative estimate of drug-likeness (QED) is 0.818. The van der Waals surface area contributed by atoms with Gasteiger partial charge >= 0.3 is 0 Å². The fraction of sp³-hybridized carbons (Fsp3) is 0.615. The van der Waals surface area contributed by atoms with Crippen molar-refractivity contribution in [2.24, 2.45) is 0 Å². The highest BCUT2D eigenvalue weighted by Crippen LogP contribution is 2.21. The van der Waals surface area contributed by atoms with Gasteiger partial charge in [0, 0.05) is 6.61 Å². The fourth-order valence-corrected chi connectivity index (χ4v) is 2.47. The molecule has 2 aromatic heterocycles. The molecule has 0 aromatic carbocycles. The van der Waals surface area contributed by atoms with Gasteiger partial charge in [0.25, 0.3) is 5.56 Å². The van der Waals surface area contributed by atoms with Gasteiger partial charge in [0.2, 0.25) is 0 Å². The monoisotopic (exact) mass is 342 g/mol. The second-order valence-electron chi connectivity index (χ2n) is 4.86. The highest BCUT2D eigenvalue weighted by Gasteiger charge is 2.18. The molecule has 0 aliphatic heterocycles. The lowest BCUT2D eigenvalue weighted by Gasteiger charge is -2.13. The Hall–Kier alpha value is -1.21. The van der Waals surface area contributed by atoms with Crippen LogP contribution >= 0.6 is 15.9 Å². The number of aromatic nitrogens is 4. The van der Waals surface area contributed by atoms with Gasteiger partial charge in [0.1, 0.15) is 11.3 Å². The maximum Gasteiger partial charge on any atom is 0.277 e. The van der Waals surface area contributed by atoms with Crippen LogP contribution in [0.15, 0.2) is 9.40 Å². The molecule has 0 aliphatic rings. The maximum atomic E-state index is 12.1. The third kappa shape index (κ3) is 3.09. The van der Waals surface area contributed by atoms with Crippen LogP contribution in [0.5, 0.6) is 0 Å². The van der Waals surface area contributed by atoms with Gasteiger partial charge in [-0.3, -0.25) is 9.48 Å². The Balaban J connectivity index is 2.28. The van der Waals surface area contributed by atoms with E-state index in [2.05, 4.69) is 37.9 Å². The summed E-state index contributed by atoms with van der Waals surface area (Å²) in [5.41, 5.74) is 0.895. The molecule has 0 radical (unpaired) electrons. The average molecular weight is 343 g/mol. The highest BCUT2D eigenvalue weighted by molar-refractivity contribution is 9.10. The third-order valence-corrected chi connectivity index (χ3v) is 3.59. The Morgan fingerprint density at radius 2 is 2.25 bits per heavy atom. The summed E-state index contributed by atoms with van der Waals surface area (Å²) in [5.74, 6) is 0.578. The largest absolute Gasteiger partial charge is 0.379 e. The Morgan fingerprint density at radius 1 is 1.50 bits per heavy atom. The lowest BCUT2D eigenvalue weighted by atomic mass is 10.3. The SMILES string of the molecule is CCCCOC[C@@H](C)n1nc(Br)c2nc(C)[nH]c(=O)c21. The first-order valence-electron chi connectivity index (χ1n) is 6.77. The van der Waals surface area contributed by atoms with Crippen LogP contribution in [0.2, 0.25) is 0 Å². The van der Waals surface area contributed by atoms with Gasteiger partial charge in [0.05, 0.1) is 12.6 Å². The van der Waals surface area contributed by atoms with E-state index in [1.807, 2.05) is 6.92 Å². The Kier molecular flexibility index (Phi) is 4.93. The fourth-order valence-electron chi connectivity index (χ4n) is 2.02. The van der Waals surface area contributed by atoms with Crippen LogP contribution in [0.3, 0.4) is 0 Å². The van der Waals surface area contributed by atoms with Crippen LogP contribution in [0, 0.1) is 6.92 Å². The molecule has 20 heavy (non-hydrogen) atoms. The number of H-pyrrole nitrogens is 1. The number of hydrogen-bond acceptors (Lipinski definition) is 4. The summed E-state index contributed by atoms with van der Waals surface area (Å²) in [7, 11) is 0. The smallest absolute Gasteiger partial charge is 0.277 e. The molecule has 6 nitrogen and oxygen atoms in total. The first kappa shape index (κ1) is 15.2. The number of hydrogen-bond donors (Lipinski definition) is 1. The van der Waals surface area contributed by atoms with E-state index in [4.69, 9.17) is 4.74 Å². The number of fused-ring (bicyclic) bond motifs is 1. The molecule has 0 saturated carbocycles.